The van der Waals surface area contributed by atoms with Crippen LogP contribution in [-0.4, -0.2) is 48.4 Å². The highest BCUT2D eigenvalue weighted by Crippen LogP contribution is 2.36. The van der Waals surface area contributed by atoms with Crippen molar-refractivity contribution < 1.29 is 0 Å². The van der Waals surface area contributed by atoms with Gasteiger partial charge in [-0.2, -0.15) is 0 Å². The molecule has 36 heavy (non-hydrogen) atoms. The van der Waals surface area contributed by atoms with Gasteiger partial charge in [0, 0.05) is 55.3 Å². The van der Waals surface area contributed by atoms with Crippen molar-refractivity contribution in [1.82, 2.24) is 9.47 Å². The molecule has 2 bridgehead atoms. The third-order valence-electron chi connectivity index (χ3n) is 7.66. The first-order valence-electron chi connectivity index (χ1n) is 12.8. The van der Waals surface area contributed by atoms with Crippen LogP contribution in [0.25, 0.3) is 6.08 Å². The monoisotopic (exact) mass is 479 g/mol. The van der Waals surface area contributed by atoms with Crippen LogP contribution in [0.1, 0.15) is 23.1 Å². The number of nitrogens with zero attached hydrogens (tertiary/aromatic N) is 4. The van der Waals surface area contributed by atoms with Gasteiger partial charge in [-0.25, -0.2) is 4.99 Å². The van der Waals surface area contributed by atoms with Crippen molar-refractivity contribution in [2.45, 2.75) is 32.5 Å². The molecule has 6 nitrogen and oxygen atoms in total. The predicted molar refractivity (Wildman–Crippen MR) is 146 cm³/mol. The molecule has 0 radical (unpaired) electrons. The lowest BCUT2D eigenvalue weighted by Crippen LogP contribution is -2.47. The highest BCUT2D eigenvalue weighted by Gasteiger charge is 2.37. The number of nitrogens with one attached hydrogen (secondary N) is 1. The number of piperazine rings is 1. The van der Waals surface area contributed by atoms with Gasteiger partial charge in [-0.05, 0) is 80.1 Å². The minimum Gasteiger partial charge on any atom is -0.369 e. The van der Waals surface area contributed by atoms with Gasteiger partial charge in [-0.1, -0.05) is 23.8 Å². The summed E-state index contributed by atoms with van der Waals surface area (Å²) in [5.74, 6) is 0. The van der Waals surface area contributed by atoms with Gasteiger partial charge in [0.15, 0.2) is 5.66 Å². The third kappa shape index (κ3) is 4.26. The van der Waals surface area contributed by atoms with E-state index in [1.54, 1.807) is 6.07 Å². The minimum absolute atomic E-state index is 0.0254. The predicted octanol–water partition coefficient (Wildman–Crippen LogP) is 2.82. The van der Waals surface area contributed by atoms with E-state index in [0.717, 1.165) is 54.6 Å². The van der Waals surface area contributed by atoms with E-state index < -0.39 is 5.66 Å². The first-order valence-corrected chi connectivity index (χ1v) is 12.8. The molecule has 6 heteroatoms. The fraction of sp³-hybridized carbons (Fsp3) is 0.333. The normalized spacial score (nSPS) is 20.9. The van der Waals surface area contributed by atoms with Crippen LogP contribution in [0.5, 0.6) is 0 Å². The molecule has 1 aliphatic carbocycles. The number of rotatable bonds is 5. The van der Waals surface area contributed by atoms with Crippen LogP contribution in [0.3, 0.4) is 0 Å². The molecule has 1 fully saturated rings. The largest absolute Gasteiger partial charge is 0.369 e. The van der Waals surface area contributed by atoms with E-state index in [4.69, 9.17) is 4.99 Å². The molecule has 3 aliphatic heterocycles. The number of aromatic nitrogens is 1. The van der Waals surface area contributed by atoms with E-state index in [2.05, 4.69) is 90.6 Å². The highest BCUT2D eigenvalue weighted by molar-refractivity contribution is 5.62. The number of hydrogen-bond donors (Lipinski definition) is 1. The van der Waals surface area contributed by atoms with Gasteiger partial charge < -0.3 is 15.1 Å². The fourth-order valence-electron chi connectivity index (χ4n) is 5.44. The van der Waals surface area contributed by atoms with Crippen molar-refractivity contribution in [3.05, 3.63) is 104 Å². The number of anilines is 2. The van der Waals surface area contributed by atoms with Crippen LogP contribution in [0.4, 0.5) is 11.4 Å². The molecule has 1 N–H and O–H groups in total. The molecule has 1 atom stereocenters. The topological polar surface area (TPSA) is 52.9 Å². The fourth-order valence-corrected chi connectivity index (χ4v) is 5.44. The van der Waals surface area contributed by atoms with Crippen molar-refractivity contribution in [1.29, 1.82) is 0 Å². The maximum absolute atomic E-state index is 13.0. The van der Waals surface area contributed by atoms with Crippen LogP contribution in [0.2, 0.25) is 0 Å². The molecule has 4 aliphatic rings. The first-order chi connectivity index (χ1) is 17.4. The lowest BCUT2D eigenvalue weighted by Gasteiger charge is -2.36. The Morgan fingerprint density at radius 3 is 2.47 bits per heavy atom. The van der Waals surface area contributed by atoms with Crippen molar-refractivity contribution >= 4 is 17.5 Å². The lowest BCUT2D eigenvalue weighted by molar-refractivity contribution is 0.313. The Labute approximate surface area is 211 Å². The first kappa shape index (κ1) is 22.8. The number of aryl methyl sites for hydroxylation is 2. The van der Waals surface area contributed by atoms with E-state index in [-0.39, 0.29) is 5.56 Å². The highest BCUT2D eigenvalue weighted by atomic mass is 16.1. The number of benzene rings is 2. The summed E-state index contributed by atoms with van der Waals surface area (Å²) in [6, 6.07) is 18.6. The lowest BCUT2D eigenvalue weighted by atomic mass is 9.86. The zero-order valence-corrected chi connectivity index (χ0v) is 21.3. The molecular weight excluding hydrogens is 446 g/mol. The quantitative estimate of drug-likeness (QED) is 0.612. The molecular formula is C30H33N5O. The number of pyridine rings is 1. The maximum atomic E-state index is 13.0. The Kier molecular flexibility index (Phi) is 5.56. The van der Waals surface area contributed by atoms with Gasteiger partial charge in [-0.15, -0.1) is 0 Å². The Morgan fingerprint density at radius 2 is 1.72 bits per heavy atom. The summed E-state index contributed by atoms with van der Waals surface area (Å²) in [4.78, 5) is 23.0. The summed E-state index contributed by atoms with van der Waals surface area (Å²) in [6.07, 6.45) is 5.16. The second-order valence-electron chi connectivity index (χ2n) is 10.5. The molecule has 1 aromatic heterocycles. The van der Waals surface area contributed by atoms with Crippen molar-refractivity contribution in [2.75, 3.05) is 43.4 Å². The van der Waals surface area contributed by atoms with E-state index in [1.807, 2.05) is 10.6 Å². The Bertz CT molecular complexity index is 1530. The second kappa shape index (κ2) is 8.79. The molecule has 3 aromatic rings. The van der Waals surface area contributed by atoms with Crippen LogP contribution < -0.4 is 26.5 Å². The summed E-state index contributed by atoms with van der Waals surface area (Å²) >= 11 is 0. The van der Waals surface area contributed by atoms with Gasteiger partial charge >= 0.3 is 0 Å². The molecule has 0 amide bonds. The Hall–Kier alpha value is -3.64. The minimum atomic E-state index is -0.538. The van der Waals surface area contributed by atoms with Gasteiger partial charge in [0.25, 0.3) is 5.56 Å². The second-order valence-corrected chi connectivity index (χ2v) is 10.5. The van der Waals surface area contributed by atoms with E-state index in [9.17, 15) is 4.79 Å². The molecule has 2 aromatic carbocycles. The number of likely N-dealkylation sites (N-methyl/N-ethyl adjacent to an activating group) is 1. The van der Waals surface area contributed by atoms with Gasteiger partial charge in [0.05, 0.1) is 6.54 Å². The van der Waals surface area contributed by atoms with Crippen molar-refractivity contribution in [2.24, 2.45) is 4.99 Å². The summed E-state index contributed by atoms with van der Waals surface area (Å²) in [6.45, 7) is 8.99. The smallest absolute Gasteiger partial charge is 0.252 e. The molecule has 1 unspecified atom stereocenters. The molecule has 0 spiro atoms. The van der Waals surface area contributed by atoms with Gasteiger partial charge in [0.2, 0.25) is 0 Å². The van der Waals surface area contributed by atoms with Crippen molar-refractivity contribution in [3.63, 3.8) is 0 Å². The Balaban J connectivity index is 1.32. The standard InChI is InChI=1S/C30H33N5O/c1-21-4-5-22(2)25(16-21)20-35-28(36)11-6-24-17-23-18-30(19-23,32-29(24)35)31-26-7-9-27(10-8-26)34-14-12-33(3)13-15-34/h4-11,16-18,31H,12-15,19-20H2,1-3H3. The number of hydrogen-bond acceptors (Lipinski definition) is 5. The van der Waals surface area contributed by atoms with Crippen LogP contribution >= 0.6 is 0 Å². The van der Waals surface area contributed by atoms with Crippen molar-refractivity contribution in [3.8, 4) is 0 Å². The average molecular weight is 480 g/mol. The van der Waals surface area contributed by atoms with E-state index in [1.165, 1.54) is 22.4 Å². The summed E-state index contributed by atoms with van der Waals surface area (Å²) in [5.41, 5.74) is 7.25. The summed E-state index contributed by atoms with van der Waals surface area (Å²) < 4.78 is 1.82. The molecule has 0 saturated carbocycles. The molecule has 184 valence electrons. The van der Waals surface area contributed by atoms with Gasteiger partial charge in [0.1, 0.15) is 5.49 Å². The zero-order chi connectivity index (χ0) is 24.9. The van der Waals surface area contributed by atoms with Crippen LogP contribution in [-0.2, 0) is 6.54 Å². The summed E-state index contributed by atoms with van der Waals surface area (Å²) in [5, 5.41) is 4.67. The molecule has 7 rings (SSSR count). The van der Waals surface area contributed by atoms with Crippen LogP contribution in [0, 0.1) is 13.8 Å². The average Bonchev–Trinajstić information content (AvgIpc) is 3.10. The Morgan fingerprint density at radius 1 is 0.972 bits per heavy atom. The third-order valence-corrected chi connectivity index (χ3v) is 7.66. The maximum Gasteiger partial charge on any atom is 0.252 e. The molecule has 4 heterocycles. The van der Waals surface area contributed by atoms with E-state index in [0.29, 0.717) is 6.54 Å². The zero-order valence-electron chi connectivity index (χ0n) is 21.3. The van der Waals surface area contributed by atoms with Crippen LogP contribution in [0.15, 0.2) is 76.0 Å². The van der Waals surface area contributed by atoms with E-state index >= 15 is 0 Å². The van der Waals surface area contributed by atoms with Gasteiger partial charge in [-0.3, -0.25) is 9.36 Å². The SMILES string of the molecule is Cc1ccc(C)c(Cn2c(=O)ccc3c2=NC2(Nc4ccc(N5CCN(C)CC5)cc4)C=C(C=3)C2)c1. The summed E-state index contributed by atoms with van der Waals surface area (Å²) in [7, 11) is 2.18. The molecule has 1 saturated heterocycles.